The van der Waals surface area contributed by atoms with E-state index in [-0.39, 0.29) is 6.04 Å². The van der Waals surface area contributed by atoms with E-state index in [1.54, 1.807) is 6.07 Å². The van der Waals surface area contributed by atoms with Crippen LogP contribution < -0.4 is 5.32 Å². The summed E-state index contributed by atoms with van der Waals surface area (Å²) in [5.74, 6) is 0.342. The number of rotatable bonds is 3. The van der Waals surface area contributed by atoms with Gasteiger partial charge in [0.2, 0.25) is 0 Å². The Morgan fingerprint density at radius 3 is 2.75 bits per heavy atom. The highest BCUT2D eigenvalue weighted by Gasteiger charge is 2.30. The van der Waals surface area contributed by atoms with Gasteiger partial charge in [-0.3, -0.25) is 0 Å². The first-order valence-electron chi connectivity index (χ1n) is 7.94. The summed E-state index contributed by atoms with van der Waals surface area (Å²) in [6, 6.07) is 5.97. The third-order valence-corrected chi connectivity index (χ3v) is 4.91. The lowest BCUT2D eigenvalue weighted by molar-refractivity contribution is 0.00215. The third-order valence-electron chi connectivity index (χ3n) is 4.91. The number of nitrogens with one attached hydrogen (secondary N) is 1. The molecule has 1 unspecified atom stereocenters. The van der Waals surface area contributed by atoms with E-state index in [0.717, 1.165) is 38.5 Å². The first-order chi connectivity index (χ1) is 9.66. The molecule has 1 aromatic rings. The second-order valence-electron chi connectivity index (χ2n) is 6.49. The molecular weight excluding hydrogens is 250 g/mol. The summed E-state index contributed by atoms with van der Waals surface area (Å²) in [5.41, 5.74) is 2.03. The van der Waals surface area contributed by atoms with E-state index >= 15 is 0 Å². The van der Waals surface area contributed by atoms with Crippen molar-refractivity contribution in [1.29, 1.82) is 0 Å². The third kappa shape index (κ3) is 2.99. The van der Waals surface area contributed by atoms with Gasteiger partial charge in [0.15, 0.2) is 0 Å². The molecule has 0 radical (unpaired) electrons. The number of phenols is 1. The molecule has 110 valence electrons. The van der Waals surface area contributed by atoms with Gasteiger partial charge in [0, 0.05) is 12.6 Å². The Bertz CT molecular complexity index is 466. The van der Waals surface area contributed by atoms with Crippen LogP contribution in [0.25, 0.3) is 0 Å². The maximum atomic E-state index is 10.6. The lowest BCUT2D eigenvalue weighted by atomic mass is 9.83. The molecule has 2 aliphatic rings. The van der Waals surface area contributed by atoms with Gasteiger partial charge in [-0.15, -0.1) is 0 Å². The Morgan fingerprint density at radius 1 is 1.15 bits per heavy atom. The van der Waals surface area contributed by atoms with Crippen LogP contribution in [0.5, 0.6) is 5.75 Å². The van der Waals surface area contributed by atoms with Crippen molar-refractivity contribution in [1.82, 2.24) is 5.32 Å². The molecule has 20 heavy (non-hydrogen) atoms. The lowest BCUT2D eigenvalue weighted by Gasteiger charge is -2.35. The molecule has 2 aliphatic carbocycles. The van der Waals surface area contributed by atoms with E-state index in [1.807, 2.05) is 12.1 Å². The van der Waals surface area contributed by atoms with Crippen molar-refractivity contribution in [3.8, 4) is 5.75 Å². The fourth-order valence-electron chi connectivity index (χ4n) is 3.70. The molecule has 1 fully saturated rings. The largest absolute Gasteiger partial charge is 0.508 e. The predicted molar refractivity (Wildman–Crippen MR) is 79.8 cm³/mol. The molecule has 1 atom stereocenters. The molecule has 3 N–H and O–H groups in total. The molecule has 1 aromatic carbocycles. The van der Waals surface area contributed by atoms with Gasteiger partial charge in [-0.2, -0.15) is 0 Å². The summed E-state index contributed by atoms with van der Waals surface area (Å²) in [7, 11) is 0. The molecule has 0 bridgehead atoms. The first-order valence-corrected chi connectivity index (χ1v) is 7.94. The quantitative estimate of drug-likeness (QED) is 0.794. The number of aryl methyl sites for hydroxylation is 1. The van der Waals surface area contributed by atoms with Crippen LogP contribution in [-0.4, -0.2) is 22.4 Å². The summed E-state index contributed by atoms with van der Waals surface area (Å²) in [5, 5.41) is 23.8. The van der Waals surface area contributed by atoms with E-state index in [4.69, 9.17) is 0 Å². The highest BCUT2D eigenvalue weighted by Crippen LogP contribution is 2.33. The van der Waals surface area contributed by atoms with Gasteiger partial charge in [0.1, 0.15) is 5.75 Å². The summed E-state index contributed by atoms with van der Waals surface area (Å²) in [6.07, 6.45) is 8.72. The summed E-state index contributed by atoms with van der Waals surface area (Å²) in [6.45, 7) is 0.673. The van der Waals surface area contributed by atoms with Gasteiger partial charge in [0.05, 0.1) is 5.60 Å². The number of aromatic hydroxyl groups is 1. The Hall–Kier alpha value is -1.06. The van der Waals surface area contributed by atoms with Crippen molar-refractivity contribution in [3.63, 3.8) is 0 Å². The minimum Gasteiger partial charge on any atom is -0.508 e. The van der Waals surface area contributed by atoms with Crippen molar-refractivity contribution in [2.45, 2.75) is 63.0 Å². The Morgan fingerprint density at radius 2 is 1.95 bits per heavy atom. The fraction of sp³-hybridized carbons (Fsp3) is 0.647. The molecule has 3 rings (SSSR count). The minimum atomic E-state index is -0.521. The lowest BCUT2D eigenvalue weighted by Crippen LogP contribution is -2.43. The fourth-order valence-corrected chi connectivity index (χ4v) is 3.70. The number of benzene rings is 1. The topological polar surface area (TPSA) is 52.5 Å². The zero-order valence-corrected chi connectivity index (χ0v) is 12.1. The van der Waals surface area contributed by atoms with Crippen molar-refractivity contribution < 1.29 is 10.2 Å². The molecule has 1 saturated carbocycles. The molecule has 0 heterocycles. The Balaban J connectivity index is 1.68. The van der Waals surface area contributed by atoms with Gasteiger partial charge in [-0.1, -0.05) is 25.3 Å². The molecular formula is C17H25NO2. The van der Waals surface area contributed by atoms with E-state index in [9.17, 15) is 10.2 Å². The maximum Gasteiger partial charge on any atom is 0.115 e. The van der Waals surface area contributed by atoms with Gasteiger partial charge in [-0.05, 0) is 55.4 Å². The smallest absolute Gasteiger partial charge is 0.115 e. The Labute approximate surface area is 121 Å². The summed E-state index contributed by atoms with van der Waals surface area (Å²) >= 11 is 0. The summed E-state index contributed by atoms with van der Waals surface area (Å²) < 4.78 is 0. The number of hydrogen-bond acceptors (Lipinski definition) is 3. The predicted octanol–water partition coefficient (Wildman–Crippen LogP) is 3.05. The second kappa shape index (κ2) is 5.74. The highest BCUT2D eigenvalue weighted by molar-refractivity contribution is 5.38. The maximum absolute atomic E-state index is 10.6. The van der Waals surface area contributed by atoms with Crippen LogP contribution in [0.4, 0.5) is 0 Å². The van der Waals surface area contributed by atoms with E-state index in [0.29, 0.717) is 12.3 Å². The number of fused-ring (bicyclic) bond motifs is 1. The molecule has 0 aliphatic heterocycles. The van der Waals surface area contributed by atoms with Crippen LogP contribution in [0.3, 0.4) is 0 Å². The number of phenolic OH excluding ortho intramolecular Hbond substituents is 1. The monoisotopic (exact) mass is 275 g/mol. The standard InChI is InChI=1S/C17H25NO2/c19-14-8-7-13-5-4-6-16(15(13)11-14)18-12-17(20)9-2-1-3-10-17/h7-8,11,16,18-20H,1-6,9-10,12H2. The molecule has 0 amide bonds. The van der Waals surface area contributed by atoms with Gasteiger partial charge >= 0.3 is 0 Å². The van der Waals surface area contributed by atoms with Crippen LogP contribution in [0.2, 0.25) is 0 Å². The van der Waals surface area contributed by atoms with E-state index in [2.05, 4.69) is 5.32 Å². The normalized spacial score (nSPS) is 25.1. The number of hydrogen-bond donors (Lipinski definition) is 3. The van der Waals surface area contributed by atoms with Crippen molar-refractivity contribution in [2.24, 2.45) is 0 Å². The molecule has 0 aromatic heterocycles. The zero-order valence-electron chi connectivity index (χ0n) is 12.1. The van der Waals surface area contributed by atoms with Crippen LogP contribution >= 0.6 is 0 Å². The van der Waals surface area contributed by atoms with E-state index < -0.39 is 5.60 Å². The highest BCUT2D eigenvalue weighted by atomic mass is 16.3. The minimum absolute atomic E-state index is 0.275. The SMILES string of the molecule is Oc1ccc2c(c1)C(NCC1(O)CCCCC1)CCC2. The molecule has 3 heteroatoms. The average molecular weight is 275 g/mol. The van der Waals surface area contributed by atoms with Crippen LogP contribution in [0.15, 0.2) is 18.2 Å². The van der Waals surface area contributed by atoms with E-state index in [1.165, 1.54) is 24.0 Å². The van der Waals surface area contributed by atoms with Crippen LogP contribution in [-0.2, 0) is 6.42 Å². The van der Waals surface area contributed by atoms with Gasteiger partial charge in [0.25, 0.3) is 0 Å². The summed E-state index contributed by atoms with van der Waals surface area (Å²) in [4.78, 5) is 0. The van der Waals surface area contributed by atoms with Crippen molar-refractivity contribution >= 4 is 0 Å². The zero-order chi connectivity index (χ0) is 14.0. The van der Waals surface area contributed by atoms with Gasteiger partial charge < -0.3 is 15.5 Å². The molecule has 0 saturated heterocycles. The van der Waals surface area contributed by atoms with Crippen LogP contribution in [0.1, 0.15) is 62.1 Å². The molecule has 0 spiro atoms. The number of aliphatic hydroxyl groups is 1. The van der Waals surface area contributed by atoms with Crippen molar-refractivity contribution in [2.75, 3.05) is 6.54 Å². The van der Waals surface area contributed by atoms with Crippen LogP contribution in [0, 0.1) is 0 Å². The average Bonchev–Trinajstić information content (AvgIpc) is 2.46. The van der Waals surface area contributed by atoms with Gasteiger partial charge in [-0.25, -0.2) is 0 Å². The first kappa shape index (κ1) is 13.9. The Kier molecular flexibility index (Phi) is 3.99. The second-order valence-corrected chi connectivity index (χ2v) is 6.49. The molecule has 3 nitrogen and oxygen atoms in total. The van der Waals surface area contributed by atoms with Crippen molar-refractivity contribution in [3.05, 3.63) is 29.3 Å².